The Balaban J connectivity index is 1.75. The molecule has 0 saturated carbocycles. The minimum Gasteiger partial charge on any atom is -0.486 e. The summed E-state index contributed by atoms with van der Waals surface area (Å²) in [4.78, 5) is 18.7. The molecular weight excluding hydrogens is 388 g/mol. The zero-order chi connectivity index (χ0) is 19.4. The van der Waals surface area contributed by atoms with Crippen molar-refractivity contribution in [2.24, 2.45) is 10.4 Å². The van der Waals surface area contributed by atoms with Gasteiger partial charge in [0.2, 0.25) is 0 Å². The Kier molecular flexibility index (Phi) is 4.42. The number of amidine groups is 1. The number of thioether (sulfide) groups is 1. The van der Waals surface area contributed by atoms with E-state index in [1.807, 2.05) is 43.9 Å². The van der Waals surface area contributed by atoms with Gasteiger partial charge in [-0.2, -0.15) is 4.99 Å². The molecule has 1 aromatic rings. The van der Waals surface area contributed by atoms with Crippen molar-refractivity contribution in [1.82, 2.24) is 0 Å². The molecule has 0 aliphatic carbocycles. The minimum absolute atomic E-state index is 0.0574. The van der Waals surface area contributed by atoms with E-state index in [2.05, 4.69) is 4.99 Å². The van der Waals surface area contributed by atoms with Crippen LogP contribution in [-0.2, 0) is 14.6 Å². The summed E-state index contributed by atoms with van der Waals surface area (Å²) in [5.74, 6) is 1.22. The van der Waals surface area contributed by atoms with Crippen LogP contribution in [0.4, 0.5) is 5.69 Å². The number of sulfone groups is 1. The van der Waals surface area contributed by atoms with E-state index in [0.717, 1.165) is 5.69 Å². The molecule has 0 radical (unpaired) electrons. The second kappa shape index (κ2) is 6.41. The maximum Gasteiger partial charge on any atom is 0.253 e. The Morgan fingerprint density at radius 1 is 1.19 bits per heavy atom. The van der Waals surface area contributed by atoms with Crippen molar-refractivity contribution in [3.63, 3.8) is 0 Å². The second-order valence-electron chi connectivity index (χ2n) is 7.95. The maximum atomic E-state index is 12.5. The molecule has 3 heterocycles. The maximum absolute atomic E-state index is 12.5. The molecule has 4 rings (SSSR count). The van der Waals surface area contributed by atoms with Crippen LogP contribution in [0.2, 0.25) is 0 Å². The van der Waals surface area contributed by atoms with Gasteiger partial charge in [-0.15, -0.1) is 0 Å². The van der Waals surface area contributed by atoms with E-state index in [-0.39, 0.29) is 28.7 Å². The molecule has 3 aliphatic heterocycles. The molecule has 2 saturated heterocycles. The van der Waals surface area contributed by atoms with Crippen LogP contribution in [0, 0.1) is 5.41 Å². The van der Waals surface area contributed by atoms with Gasteiger partial charge in [0.15, 0.2) is 26.5 Å². The Hall–Kier alpha value is -1.74. The first kappa shape index (κ1) is 18.6. The van der Waals surface area contributed by atoms with Crippen molar-refractivity contribution >= 4 is 38.4 Å². The lowest BCUT2D eigenvalue weighted by molar-refractivity contribution is -0.124. The van der Waals surface area contributed by atoms with Crippen LogP contribution in [0.3, 0.4) is 0 Å². The van der Waals surface area contributed by atoms with Gasteiger partial charge in [-0.3, -0.25) is 4.79 Å². The first-order chi connectivity index (χ1) is 12.6. The molecule has 2 atom stereocenters. The summed E-state index contributed by atoms with van der Waals surface area (Å²) in [6, 6.07) is 5.26. The number of carbonyl (C=O) groups is 1. The van der Waals surface area contributed by atoms with Crippen LogP contribution in [0.5, 0.6) is 11.5 Å². The Morgan fingerprint density at radius 3 is 2.59 bits per heavy atom. The number of ether oxygens (including phenoxy) is 2. The zero-order valence-corrected chi connectivity index (χ0v) is 17.1. The summed E-state index contributed by atoms with van der Waals surface area (Å²) in [5.41, 5.74) is 0.160. The molecule has 9 heteroatoms. The van der Waals surface area contributed by atoms with E-state index < -0.39 is 15.3 Å². The summed E-state index contributed by atoms with van der Waals surface area (Å²) in [7, 11) is -3.10. The van der Waals surface area contributed by atoms with Gasteiger partial charge in [-0.25, -0.2) is 8.42 Å². The Morgan fingerprint density at radius 2 is 1.89 bits per heavy atom. The first-order valence-electron chi connectivity index (χ1n) is 8.83. The molecule has 146 valence electrons. The quantitative estimate of drug-likeness (QED) is 0.701. The SMILES string of the molecule is CC(C)(C)C(=O)N=C1SC2CS(=O)(=O)CC2N1c1ccc2c(c1)OCCO2. The number of hydrogen-bond acceptors (Lipinski definition) is 6. The first-order valence-corrected chi connectivity index (χ1v) is 11.5. The van der Waals surface area contributed by atoms with E-state index >= 15 is 0 Å². The number of carbonyl (C=O) groups excluding carboxylic acids is 1. The van der Waals surface area contributed by atoms with Gasteiger partial charge in [0.1, 0.15) is 13.2 Å². The van der Waals surface area contributed by atoms with Crippen LogP contribution >= 0.6 is 11.8 Å². The van der Waals surface area contributed by atoms with Crippen LogP contribution in [0.25, 0.3) is 0 Å². The third-order valence-electron chi connectivity index (χ3n) is 4.71. The highest BCUT2D eigenvalue weighted by molar-refractivity contribution is 8.16. The van der Waals surface area contributed by atoms with Gasteiger partial charge in [0, 0.05) is 22.4 Å². The van der Waals surface area contributed by atoms with E-state index in [4.69, 9.17) is 9.47 Å². The van der Waals surface area contributed by atoms with E-state index in [1.165, 1.54) is 11.8 Å². The number of anilines is 1. The van der Waals surface area contributed by atoms with E-state index in [0.29, 0.717) is 29.9 Å². The average molecular weight is 411 g/mol. The summed E-state index contributed by atoms with van der Waals surface area (Å²) >= 11 is 1.37. The number of fused-ring (bicyclic) bond motifs is 2. The number of amides is 1. The van der Waals surface area contributed by atoms with Gasteiger partial charge in [-0.05, 0) is 12.1 Å². The number of rotatable bonds is 1. The fourth-order valence-electron chi connectivity index (χ4n) is 3.30. The third kappa shape index (κ3) is 3.54. The van der Waals surface area contributed by atoms with Crippen LogP contribution in [0.1, 0.15) is 20.8 Å². The number of hydrogen-bond donors (Lipinski definition) is 0. The largest absolute Gasteiger partial charge is 0.486 e. The molecule has 7 nitrogen and oxygen atoms in total. The summed E-state index contributed by atoms with van der Waals surface area (Å²) in [6.45, 7) is 6.42. The minimum atomic E-state index is -3.10. The molecule has 0 aromatic heterocycles. The van der Waals surface area contributed by atoms with Crippen molar-refractivity contribution in [2.75, 3.05) is 29.6 Å². The van der Waals surface area contributed by atoms with Crippen molar-refractivity contribution in [2.45, 2.75) is 32.1 Å². The predicted octanol–water partition coefficient (Wildman–Crippen LogP) is 2.11. The standard InChI is InChI=1S/C18H22N2O5S2/c1-18(2,3)16(21)19-17-20(12-9-27(22,23)10-15(12)26-17)11-4-5-13-14(8-11)25-7-6-24-13/h4-5,8,12,15H,6-7,9-10H2,1-3H3. The molecule has 0 N–H and O–H groups in total. The fraction of sp³-hybridized carbons (Fsp3) is 0.556. The monoisotopic (exact) mass is 410 g/mol. The van der Waals surface area contributed by atoms with Gasteiger partial charge in [-0.1, -0.05) is 32.5 Å². The molecule has 0 bridgehead atoms. The average Bonchev–Trinajstić information content (AvgIpc) is 3.04. The Bertz CT molecular complexity index is 920. The zero-order valence-electron chi connectivity index (χ0n) is 15.5. The molecule has 1 amide bonds. The van der Waals surface area contributed by atoms with E-state index in [1.54, 1.807) is 0 Å². The molecule has 3 aliphatic rings. The highest BCUT2D eigenvalue weighted by atomic mass is 32.2. The third-order valence-corrected chi connectivity index (χ3v) is 7.92. The van der Waals surface area contributed by atoms with Crippen LogP contribution in [-0.4, -0.2) is 55.5 Å². The van der Waals surface area contributed by atoms with Gasteiger partial charge in [0.05, 0.1) is 17.5 Å². The van der Waals surface area contributed by atoms with E-state index in [9.17, 15) is 13.2 Å². The second-order valence-corrected chi connectivity index (χ2v) is 11.3. The van der Waals surface area contributed by atoms with Gasteiger partial charge in [0.25, 0.3) is 5.91 Å². The Labute approximate surface area is 163 Å². The van der Waals surface area contributed by atoms with Gasteiger partial charge < -0.3 is 14.4 Å². The number of benzene rings is 1. The van der Waals surface area contributed by atoms with Crippen molar-refractivity contribution in [1.29, 1.82) is 0 Å². The normalized spacial score (nSPS) is 27.7. The van der Waals surface area contributed by atoms with Crippen molar-refractivity contribution in [3.8, 4) is 11.5 Å². The summed E-state index contributed by atoms with van der Waals surface area (Å²) in [5, 5.41) is 0.422. The van der Waals surface area contributed by atoms with Crippen molar-refractivity contribution < 1.29 is 22.7 Å². The smallest absolute Gasteiger partial charge is 0.253 e. The number of aliphatic imine (C=N–C) groups is 1. The predicted molar refractivity (Wildman–Crippen MR) is 106 cm³/mol. The van der Waals surface area contributed by atoms with Crippen molar-refractivity contribution in [3.05, 3.63) is 18.2 Å². The molecule has 2 unspecified atom stereocenters. The van der Waals surface area contributed by atoms with Gasteiger partial charge >= 0.3 is 0 Å². The molecule has 0 spiro atoms. The number of nitrogens with zero attached hydrogens (tertiary/aromatic N) is 2. The molecule has 27 heavy (non-hydrogen) atoms. The lowest BCUT2D eigenvalue weighted by Crippen LogP contribution is -2.38. The highest BCUT2D eigenvalue weighted by Crippen LogP contribution is 2.43. The lowest BCUT2D eigenvalue weighted by atomic mass is 9.96. The summed E-state index contributed by atoms with van der Waals surface area (Å²) in [6.07, 6.45) is 0. The molecule has 2 fully saturated rings. The molecule has 1 aromatic carbocycles. The lowest BCUT2D eigenvalue weighted by Gasteiger charge is -2.27. The topological polar surface area (TPSA) is 85.3 Å². The fourth-order valence-corrected chi connectivity index (χ4v) is 7.22. The summed E-state index contributed by atoms with van der Waals surface area (Å²) < 4.78 is 35.5. The molecular formula is C18H22N2O5S2. The van der Waals surface area contributed by atoms with Crippen LogP contribution < -0.4 is 14.4 Å². The van der Waals surface area contributed by atoms with Crippen LogP contribution in [0.15, 0.2) is 23.2 Å². The highest BCUT2D eigenvalue weighted by Gasteiger charge is 2.49.